The Labute approximate surface area is 77.3 Å². The zero-order valence-corrected chi connectivity index (χ0v) is 7.96. The maximum atomic E-state index is 10.5. The van der Waals surface area contributed by atoms with Crippen molar-refractivity contribution in [3.63, 3.8) is 0 Å². The van der Waals surface area contributed by atoms with Crippen LogP contribution < -0.4 is 5.32 Å². The van der Waals surface area contributed by atoms with Crippen LogP contribution in [0.15, 0.2) is 0 Å². The van der Waals surface area contributed by atoms with Crippen molar-refractivity contribution in [2.75, 3.05) is 0 Å². The molecule has 0 radical (unpaired) electrons. The number of amides is 1. The second-order valence-electron chi connectivity index (χ2n) is 4.63. The van der Waals surface area contributed by atoms with Gasteiger partial charge >= 0.3 is 5.97 Å². The summed E-state index contributed by atoms with van der Waals surface area (Å²) in [5.74, 6) is -0.857. The third-order valence-electron chi connectivity index (χ3n) is 2.49. The third-order valence-corrected chi connectivity index (χ3v) is 2.49. The molecule has 0 unspecified atom stereocenters. The van der Waals surface area contributed by atoms with E-state index in [1.54, 1.807) is 0 Å². The second-order valence-corrected chi connectivity index (χ2v) is 4.63. The summed E-state index contributed by atoms with van der Waals surface area (Å²) >= 11 is 0. The van der Waals surface area contributed by atoms with Gasteiger partial charge in [-0.05, 0) is 18.3 Å². The van der Waals surface area contributed by atoms with E-state index in [9.17, 15) is 9.59 Å². The Balaban J connectivity index is 2.59. The number of hydrogen-bond donors (Lipinski definition) is 2. The number of aliphatic carboxylic acids is 1. The quantitative estimate of drug-likeness (QED) is 0.635. The summed E-state index contributed by atoms with van der Waals surface area (Å²) in [4.78, 5) is 20.8. The van der Waals surface area contributed by atoms with Crippen LogP contribution >= 0.6 is 0 Å². The maximum Gasteiger partial charge on any atom is 0.305 e. The molecule has 0 saturated heterocycles. The van der Waals surface area contributed by atoms with Crippen molar-refractivity contribution >= 4 is 12.4 Å². The number of carbonyl (C=O) groups is 2. The van der Waals surface area contributed by atoms with E-state index < -0.39 is 11.5 Å². The molecule has 1 rings (SSSR count). The lowest BCUT2D eigenvalue weighted by Crippen LogP contribution is -2.59. The fourth-order valence-corrected chi connectivity index (χ4v) is 2.47. The van der Waals surface area contributed by atoms with Crippen LogP contribution in [0.3, 0.4) is 0 Å². The van der Waals surface area contributed by atoms with E-state index in [-0.39, 0.29) is 11.8 Å². The van der Waals surface area contributed by atoms with Crippen LogP contribution in [0.25, 0.3) is 0 Å². The predicted molar refractivity (Wildman–Crippen MR) is 47.2 cm³/mol. The van der Waals surface area contributed by atoms with Gasteiger partial charge in [-0.1, -0.05) is 13.8 Å². The van der Waals surface area contributed by atoms with Gasteiger partial charge in [0, 0.05) is 0 Å². The number of rotatable bonds is 4. The predicted octanol–water partition coefficient (Wildman–Crippen LogP) is 0.766. The molecule has 1 saturated carbocycles. The topological polar surface area (TPSA) is 66.4 Å². The molecule has 2 N–H and O–H groups in total. The van der Waals surface area contributed by atoms with Gasteiger partial charge in [-0.15, -0.1) is 0 Å². The molecule has 1 aliphatic carbocycles. The molecule has 0 atom stereocenters. The number of hydrogen-bond acceptors (Lipinski definition) is 2. The van der Waals surface area contributed by atoms with E-state index >= 15 is 0 Å². The number of nitrogens with one attached hydrogen (secondary N) is 1. The van der Waals surface area contributed by atoms with E-state index in [1.807, 2.05) is 0 Å². The van der Waals surface area contributed by atoms with Gasteiger partial charge < -0.3 is 10.4 Å². The van der Waals surface area contributed by atoms with Crippen molar-refractivity contribution in [1.82, 2.24) is 5.32 Å². The third kappa shape index (κ3) is 2.20. The van der Waals surface area contributed by atoms with Crippen LogP contribution in [-0.4, -0.2) is 23.0 Å². The first-order chi connectivity index (χ1) is 5.89. The molecule has 1 fully saturated rings. The minimum absolute atomic E-state index is 0.0230. The number of carboxylic acid groups (broad SMARTS) is 1. The van der Waals surface area contributed by atoms with Gasteiger partial charge in [0.2, 0.25) is 6.41 Å². The largest absolute Gasteiger partial charge is 0.481 e. The van der Waals surface area contributed by atoms with Gasteiger partial charge in [0.05, 0.1) is 12.0 Å². The number of carbonyl (C=O) groups excluding carboxylic acids is 1. The van der Waals surface area contributed by atoms with Crippen LogP contribution in [0.5, 0.6) is 0 Å². The van der Waals surface area contributed by atoms with E-state index in [0.717, 1.165) is 12.8 Å². The van der Waals surface area contributed by atoms with Gasteiger partial charge in [0.25, 0.3) is 0 Å². The molecule has 4 heteroatoms. The Morgan fingerprint density at radius 3 is 2.38 bits per heavy atom. The minimum atomic E-state index is -0.857. The Morgan fingerprint density at radius 2 is 2.08 bits per heavy atom. The first kappa shape index (κ1) is 10.0. The average Bonchev–Trinajstić information content (AvgIpc) is 1.80. The molecular formula is C9H15NO3. The van der Waals surface area contributed by atoms with Crippen LogP contribution in [-0.2, 0) is 9.59 Å². The lowest BCUT2D eigenvalue weighted by atomic mass is 9.58. The molecule has 4 nitrogen and oxygen atoms in total. The van der Waals surface area contributed by atoms with Crippen LogP contribution in [0.2, 0.25) is 0 Å². The molecule has 0 spiro atoms. The molecule has 0 aliphatic heterocycles. The van der Waals surface area contributed by atoms with Crippen molar-refractivity contribution in [3.05, 3.63) is 0 Å². The molecule has 74 valence electrons. The standard InChI is InChI=1S/C9H15NO3/c1-8(2)4-9(5-8,10-6-11)3-7(12)13/h6H,3-5H2,1-2H3,(H,10,11)(H,12,13). The summed E-state index contributed by atoms with van der Waals surface area (Å²) in [5.41, 5.74) is -0.331. The normalized spacial score (nSPS) is 22.9. The summed E-state index contributed by atoms with van der Waals surface area (Å²) in [7, 11) is 0. The summed E-state index contributed by atoms with van der Waals surface area (Å²) in [6.07, 6.45) is 2.10. The highest BCUT2D eigenvalue weighted by molar-refractivity contribution is 5.69. The van der Waals surface area contributed by atoms with Crippen molar-refractivity contribution < 1.29 is 14.7 Å². The van der Waals surface area contributed by atoms with Crippen molar-refractivity contribution in [3.8, 4) is 0 Å². The molecule has 0 aromatic heterocycles. The minimum Gasteiger partial charge on any atom is -0.481 e. The molecule has 1 amide bonds. The molecule has 13 heavy (non-hydrogen) atoms. The molecule has 0 heterocycles. The summed E-state index contributed by atoms with van der Waals surface area (Å²) < 4.78 is 0. The second kappa shape index (κ2) is 3.01. The first-order valence-electron chi connectivity index (χ1n) is 4.32. The zero-order chi connectivity index (χ0) is 10.1. The maximum absolute atomic E-state index is 10.5. The smallest absolute Gasteiger partial charge is 0.305 e. The fourth-order valence-electron chi connectivity index (χ4n) is 2.47. The SMILES string of the molecule is CC1(C)CC(CC(=O)O)(NC=O)C1. The molecular weight excluding hydrogens is 170 g/mol. The summed E-state index contributed by atoms with van der Waals surface area (Å²) in [6.45, 7) is 4.14. The Morgan fingerprint density at radius 1 is 1.54 bits per heavy atom. The van der Waals surface area contributed by atoms with Crippen LogP contribution in [0, 0.1) is 5.41 Å². The lowest BCUT2D eigenvalue weighted by Gasteiger charge is -2.52. The highest BCUT2D eigenvalue weighted by atomic mass is 16.4. The zero-order valence-electron chi connectivity index (χ0n) is 7.96. The summed E-state index contributed by atoms with van der Waals surface area (Å²) in [5, 5.41) is 11.3. The molecule has 0 aromatic carbocycles. The van der Waals surface area contributed by atoms with Crippen LogP contribution in [0.4, 0.5) is 0 Å². The Hall–Kier alpha value is -1.06. The van der Waals surface area contributed by atoms with E-state index in [4.69, 9.17) is 5.11 Å². The fraction of sp³-hybridized carbons (Fsp3) is 0.778. The van der Waals surface area contributed by atoms with Crippen molar-refractivity contribution in [2.45, 2.75) is 38.6 Å². The van der Waals surface area contributed by atoms with Gasteiger partial charge in [0.15, 0.2) is 0 Å². The lowest BCUT2D eigenvalue weighted by molar-refractivity contribution is -0.141. The highest BCUT2D eigenvalue weighted by Crippen LogP contribution is 2.49. The van der Waals surface area contributed by atoms with Crippen molar-refractivity contribution in [2.24, 2.45) is 5.41 Å². The van der Waals surface area contributed by atoms with E-state index in [1.165, 1.54) is 0 Å². The highest BCUT2D eigenvalue weighted by Gasteiger charge is 2.50. The monoisotopic (exact) mass is 185 g/mol. The van der Waals surface area contributed by atoms with Gasteiger partial charge in [-0.3, -0.25) is 9.59 Å². The van der Waals surface area contributed by atoms with Crippen LogP contribution in [0.1, 0.15) is 33.1 Å². The van der Waals surface area contributed by atoms with Crippen molar-refractivity contribution in [1.29, 1.82) is 0 Å². The molecule has 0 bridgehead atoms. The molecule has 0 aromatic rings. The average molecular weight is 185 g/mol. The van der Waals surface area contributed by atoms with E-state index in [0.29, 0.717) is 6.41 Å². The Bertz CT molecular complexity index is 227. The summed E-state index contributed by atoms with van der Waals surface area (Å²) in [6, 6.07) is 0. The van der Waals surface area contributed by atoms with Gasteiger partial charge in [-0.25, -0.2) is 0 Å². The Kier molecular flexibility index (Phi) is 2.32. The molecule has 1 aliphatic rings. The van der Waals surface area contributed by atoms with E-state index in [2.05, 4.69) is 19.2 Å². The number of carboxylic acids is 1. The van der Waals surface area contributed by atoms with Gasteiger partial charge in [-0.2, -0.15) is 0 Å². The first-order valence-corrected chi connectivity index (χ1v) is 4.32. The van der Waals surface area contributed by atoms with Gasteiger partial charge in [0.1, 0.15) is 0 Å².